The zero-order valence-electron chi connectivity index (χ0n) is 15.6. The van der Waals surface area contributed by atoms with Crippen molar-refractivity contribution in [3.8, 4) is 5.75 Å². The summed E-state index contributed by atoms with van der Waals surface area (Å²) in [5.41, 5.74) is 1.63. The van der Waals surface area contributed by atoms with Gasteiger partial charge in [0.1, 0.15) is 0 Å². The van der Waals surface area contributed by atoms with Crippen LogP contribution in [0.5, 0.6) is 5.75 Å². The summed E-state index contributed by atoms with van der Waals surface area (Å²) in [6.07, 6.45) is 5.67. The van der Waals surface area contributed by atoms with Crippen LogP contribution in [-0.4, -0.2) is 53.1 Å². The number of nitrogens with zero attached hydrogens (tertiary/aromatic N) is 3. The molecule has 0 aliphatic carbocycles. The maximum atomic E-state index is 12.8. The molecule has 1 amide bonds. The number of ether oxygens (including phenoxy) is 1. The van der Waals surface area contributed by atoms with E-state index in [2.05, 4.69) is 4.98 Å². The third-order valence-corrected chi connectivity index (χ3v) is 5.19. The van der Waals surface area contributed by atoms with Crippen molar-refractivity contribution in [1.29, 1.82) is 0 Å². The van der Waals surface area contributed by atoms with Gasteiger partial charge in [0, 0.05) is 31.5 Å². The van der Waals surface area contributed by atoms with Gasteiger partial charge in [-0.15, -0.1) is 0 Å². The van der Waals surface area contributed by atoms with Gasteiger partial charge in [-0.2, -0.15) is 0 Å². The Balaban J connectivity index is 1.63. The van der Waals surface area contributed by atoms with Gasteiger partial charge in [-0.3, -0.25) is 4.79 Å². The largest absolute Gasteiger partial charge is 0.490 e. The molecular formula is C21H23N3O4. The summed E-state index contributed by atoms with van der Waals surface area (Å²) >= 11 is 0. The number of rotatable bonds is 3. The molecule has 0 radical (unpaired) electrons. The number of aromatic nitrogens is 1. The lowest BCUT2D eigenvalue weighted by Gasteiger charge is -2.27. The number of amides is 1. The Hall–Kier alpha value is -3.09. The third kappa shape index (κ3) is 3.65. The number of hydrogen-bond acceptors (Lipinski definition) is 5. The Kier molecular flexibility index (Phi) is 5.14. The Morgan fingerprint density at radius 1 is 0.964 bits per heavy atom. The first kappa shape index (κ1) is 18.3. The molecule has 28 heavy (non-hydrogen) atoms. The minimum Gasteiger partial charge on any atom is -0.490 e. The second kappa shape index (κ2) is 7.88. The zero-order valence-corrected chi connectivity index (χ0v) is 15.6. The molecule has 0 spiro atoms. The second-order valence-corrected chi connectivity index (χ2v) is 7.10. The minimum absolute atomic E-state index is 0.000193. The van der Waals surface area contributed by atoms with Crippen molar-refractivity contribution in [1.82, 2.24) is 9.88 Å². The number of aromatic carboxylic acids is 1. The molecule has 3 heterocycles. The van der Waals surface area contributed by atoms with Crippen molar-refractivity contribution in [2.75, 3.05) is 31.1 Å². The SMILES string of the molecule is O=C(O)c1ccc(N2CCCOc3cc(C(=O)N4CCCCC4)cnc32)cc1. The highest BCUT2D eigenvalue weighted by Crippen LogP contribution is 2.35. The summed E-state index contributed by atoms with van der Waals surface area (Å²) in [5.74, 6) is 0.281. The Labute approximate surface area is 163 Å². The maximum Gasteiger partial charge on any atom is 0.335 e. The first-order valence-electron chi connectivity index (χ1n) is 9.66. The average molecular weight is 381 g/mol. The average Bonchev–Trinajstić information content (AvgIpc) is 2.96. The molecule has 146 valence electrons. The smallest absolute Gasteiger partial charge is 0.335 e. The van der Waals surface area contributed by atoms with E-state index in [1.54, 1.807) is 36.5 Å². The van der Waals surface area contributed by atoms with Crippen molar-refractivity contribution < 1.29 is 19.4 Å². The minimum atomic E-state index is -0.954. The molecule has 2 aromatic rings. The summed E-state index contributed by atoms with van der Waals surface area (Å²) in [6.45, 7) is 2.82. The summed E-state index contributed by atoms with van der Waals surface area (Å²) < 4.78 is 5.87. The Morgan fingerprint density at radius 3 is 2.43 bits per heavy atom. The van der Waals surface area contributed by atoms with Gasteiger partial charge in [0.25, 0.3) is 5.91 Å². The number of carboxylic acids is 1. The van der Waals surface area contributed by atoms with Gasteiger partial charge < -0.3 is 19.6 Å². The van der Waals surface area contributed by atoms with Crippen LogP contribution in [0.4, 0.5) is 11.5 Å². The summed E-state index contributed by atoms with van der Waals surface area (Å²) in [7, 11) is 0. The normalized spacial score (nSPS) is 16.7. The molecule has 1 aromatic heterocycles. The van der Waals surface area contributed by atoms with E-state index >= 15 is 0 Å². The number of carbonyl (C=O) groups excluding carboxylic acids is 1. The highest BCUT2D eigenvalue weighted by molar-refractivity contribution is 5.95. The molecule has 2 aliphatic rings. The Morgan fingerprint density at radius 2 is 1.71 bits per heavy atom. The monoisotopic (exact) mass is 381 g/mol. The van der Waals surface area contributed by atoms with E-state index in [1.165, 1.54) is 6.42 Å². The van der Waals surface area contributed by atoms with E-state index in [0.29, 0.717) is 30.3 Å². The molecule has 1 N–H and O–H groups in total. The van der Waals surface area contributed by atoms with Crippen molar-refractivity contribution in [3.63, 3.8) is 0 Å². The first-order chi connectivity index (χ1) is 13.6. The molecule has 7 nitrogen and oxygen atoms in total. The van der Waals surface area contributed by atoms with E-state index in [9.17, 15) is 9.59 Å². The van der Waals surface area contributed by atoms with Crippen LogP contribution in [0.25, 0.3) is 0 Å². The number of fused-ring (bicyclic) bond motifs is 1. The van der Waals surface area contributed by atoms with E-state index in [1.807, 2.05) is 9.80 Å². The topological polar surface area (TPSA) is 83.0 Å². The van der Waals surface area contributed by atoms with Crippen molar-refractivity contribution in [2.24, 2.45) is 0 Å². The van der Waals surface area contributed by atoms with Gasteiger partial charge >= 0.3 is 5.97 Å². The van der Waals surface area contributed by atoms with Gasteiger partial charge in [-0.1, -0.05) is 0 Å². The van der Waals surface area contributed by atoms with Crippen molar-refractivity contribution >= 4 is 23.4 Å². The fourth-order valence-corrected chi connectivity index (χ4v) is 3.69. The molecule has 1 fully saturated rings. The first-order valence-corrected chi connectivity index (χ1v) is 9.66. The highest BCUT2D eigenvalue weighted by Gasteiger charge is 2.24. The van der Waals surface area contributed by atoms with E-state index < -0.39 is 5.97 Å². The molecule has 0 bridgehead atoms. The zero-order chi connectivity index (χ0) is 19.5. The van der Waals surface area contributed by atoms with Crippen LogP contribution >= 0.6 is 0 Å². The predicted octanol–water partition coefficient (Wildman–Crippen LogP) is 3.33. The molecular weight excluding hydrogens is 358 g/mol. The molecule has 0 unspecified atom stereocenters. The van der Waals surface area contributed by atoms with Crippen molar-refractivity contribution in [3.05, 3.63) is 47.7 Å². The lowest BCUT2D eigenvalue weighted by molar-refractivity contribution is 0.0694. The number of carbonyl (C=O) groups is 2. The van der Waals surface area contributed by atoms with E-state index in [-0.39, 0.29) is 11.5 Å². The van der Waals surface area contributed by atoms with E-state index in [0.717, 1.165) is 38.0 Å². The van der Waals surface area contributed by atoms with Crippen molar-refractivity contribution in [2.45, 2.75) is 25.7 Å². The number of hydrogen-bond donors (Lipinski definition) is 1. The number of benzene rings is 1. The third-order valence-electron chi connectivity index (χ3n) is 5.19. The fraction of sp³-hybridized carbons (Fsp3) is 0.381. The number of piperidine rings is 1. The van der Waals surface area contributed by atoms with Crippen LogP contribution in [0.15, 0.2) is 36.5 Å². The molecule has 0 saturated carbocycles. The highest BCUT2D eigenvalue weighted by atomic mass is 16.5. The fourth-order valence-electron chi connectivity index (χ4n) is 3.69. The molecule has 1 saturated heterocycles. The Bertz CT molecular complexity index is 876. The summed E-state index contributed by atoms with van der Waals surface area (Å²) in [5, 5.41) is 9.10. The standard InChI is InChI=1S/C21H23N3O4/c25-20(23-9-2-1-3-10-23)16-13-18-19(22-14-16)24(11-4-12-28-18)17-7-5-15(6-8-17)21(26)27/h5-8,13-14H,1-4,9-12H2,(H,26,27). The number of pyridine rings is 1. The van der Waals surface area contributed by atoms with Crippen LogP contribution in [-0.2, 0) is 0 Å². The second-order valence-electron chi connectivity index (χ2n) is 7.10. The molecule has 1 aromatic carbocycles. The maximum absolute atomic E-state index is 12.8. The van der Waals surface area contributed by atoms with Crippen LogP contribution in [0.2, 0.25) is 0 Å². The molecule has 4 rings (SSSR count). The molecule has 2 aliphatic heterocycles. The lowest BCUT2D eigenvalue weighted by atomic mass is 10.1. The van der Waals surface area contributed by atoms with Crippen LogP contribution < -0.4 is 9.64 Å². The quantitative estimate of drug-likeness (QED) is 0.878. The van der Waals surface area contributed by atoms with Gasteiger partial charge in [-0.25, -0.2) is 9.78 Å². The molecule has 0 atom stereocenters. The number of carboxylic acid groups (broad SMARTS) is 1. The van der Waals surface area contributed by atoms with Gasteiger partial charge in [0.05, 0.1) is 17.7 Å². The summed E-state index contributed by atoms with van der Waals surface area (Å²) in [6, 6.07) is 8.48. The number of anilines is 2. The number of likely N-dealkylation sites (tertiary alicyclic amines) is 1. The van der Waals surface area contributed by atoms with Crippen LogP contribution in [0.3, 0.4) is 0 Å². The van der Waals surface area contributed by atoms with Crippen LogP contribution in [0.1, 0.15) is 46.4 Å². The van der Waals surface area contributed by atoms with Gasteiger partial charge in [0.15, 0.2) is 11.6 Å². The van der Waals surface area contributed by atoms with E-state index in [4.69, 9.17) is 9.84 Å². The van der Waals surface area contributed by atoms with Gasteiger partial charge in [-0.05, 0) is 56.0 Å². The summed E-state index contributed by atoms with van der Waals surface area (Å²) in [4.78, 5) is 32.3. The molecule has 7 heteroatoms. The van der Waals surface area contributed by atoms with Crippen LogP contribution in [0, 0.1) is 0 Å². The lowest BCUT2D eigenvalue weighted by Crippen LogP contribution is -2.35. The van der Waals surface area contributed by atoms with Gasteiger partial charge in [0.2, 0.25) is 0 Å². The predicted molar refractivity (Wildman–Crippen MR) is 105 cm³/mol.